The van der Waals surface area contributed by atoms with E-state index in [0.29, 0.717) is 18.7 Å². The van der Waals surface area contributed by atoms with E-state index in [1.165, 1.54) is 23.1 Å². The molecule has 1 amide bonds. The number of benzene rings is 1. The maximum Gasteiger partial charge on any atom is 0.227 e. The second kappa shape index (κ2) is 4.76. The molecule has 17 heavy (non-hydrogen) atoms. The van der Waals surface area contributed by atoms with Gasteiger partial charge in [-0.2, -0.15) is 17.9 Å². The molecule has 0 spiro atoms. The summed E-state index contributed by atoms with van der Waals surface area (Å²) in [4.78, 5) is 13.1. The van der Waals surface area contributed by atoms with Gasteiger partial charge in [0.25, 0.3) is 0 Å². The summed E-state index contributed by atoms with van der Waals surface area (Å²) in [6, 6.07) is 6.15. The lowest BCUT2D eigenvalue weighted by Crippen LogP contribution is -2.26. The van der Waals surface area contributed by atoms with Crippen molar-refractivity contribution in [2.75, 3.05) is 17.2 Å². The first-order valence-corrected chi connectivity index (χ1v) is 5.90. The van der Waals surface area contributed by atoms with Gasteiger partial charge in [0, 0.05) is 13.0 Å². The van der Waals surface area contributed by atoms with Gasteiger partial charge in [-0.15, -0.1) is 0 Å². The Morgan fingerprint density at radius 2 is 2.35 bits per heavy atom. The van der Waals surface area contributed by atoms with E-state index in [-0.39, 0.29) is 23.1 Å². The van der Waals surface area contributed by atoms with E-state index in [1.54, 1.807) is 0 Å². The molecule has 1 atom stereocenters. The minimum Gasteiger partial charge on any atom is -0.308 e. The number of carbonyl (C=O) groups excluding carboxylic acids is 1. The van der Waals surface area contributed by atoms with Crippen LogP contribution in [0.4, 0.5) is 10.1 Å². The smallest absolute Gasteiger partial charge is 0.227 e. The summed E-state index contributed by atoms with van der Waals surface area (Å²) in [5, 5.41) is 8.94. The van der Waals surface area contributed by atoms with Crippen molar-refractivity contribution in [1.82, 2.24) is 0 Å². The predicted molar refractivity (Wildman–Crippen MR) is 65.4 cm³/mol. The van der Waals surface area contributed by atoms with E-state index in [1.807, 2.05) is 6.07 Å². The van der Waals surface area contributed by atoms with E-state index in [2.05, 4.69) is 12.6 Å². The van der Waals surface area contributed by atoms with Crippen LogP contribution < -0.4 is 4.90 Å². The fourth-order valence-electron chi connectivity index (χ4n) is 2.00. The van der Waals surface area contributed by atoms with Gasteiger partial charge in [-0.25, -0.2) is 4.39 Å². The van der Waals surface area contributed by atoms with Crippen LogP contribution in [0.2, 0.25) is 0 Å². The molecule has 1 aliphatic heterocycles. The molecule has 1 aromatic rings. The molecule has 0 bridgehead atoms. The SMILES string of the molecule is N#Cc1cccc(F)c1N1CC(CS)CC1=O. The van der Waals surface area contributed by atoms with Crippen LogP contribution in [0.1, 0.15) is 12.0 Å². The van der Waals surface area contributed by atoms with Gasteiger partial charge in [-0.05, 0) is 23.8 Å². The van der Waals surface area contributed by atoms with Crippen molar-refractivity contribution < 1.29 is 9.18 Å². The molecule has 1 saturated heterocycles. The number of thiol groups is 1. The summed E-state index contributed by atoms with van der Waals surface area (Å²) in [6.45, 7) is 0.429. The summed E-state index contributed by atoms with van der Waals surface area (Å²) >= 11 is 4.15. The lowest BCUT2D eigenvalue weighted by atomic mass is 10.1. The number of nitriles is 1. The standard InChI is InChI=1S/C12H11FN2OS/c13-10-3-1-2-9(5-14)12(10)15-6-8(7-17)4-11(15)16/h1-3,8,17H,4,6-7H2. The molecule has 0 radical (unpaired) electrons. The van der Waals surface area contributed by atoms with Gasteiger partial charge >= 0.3 is 0 Å². The van der Waals surface area contributed by atoms with Gasteiger partial charge in [0.15, 0.2) is 0 Å². The van der Waals surface area contributed by atoms with Gasteiger partial charge in [-0.3, -0.25) is 4.79 Å². The third-order valence-electron chi connectivity index (χ3n) is 2.84. The second-order valence-corrected chi connectivity index (χ2v) is 4.37. The summed E-state index contributed by atoms with van der Waals surface area (Å²) in [6.07, 6.45) is 0.364. The highest BCUT2D eigenvalue weighted by molar-refractivity contribution is 7.80. The van der Waals surface area contributed by atoms with Crippen LogP contribution in [0, 0.1) is 23.1 Å². The lowest BCUT2D eigenvalue weighted by molar-refractivity contribution is -0.117. The molecule has 0 N–H and O–H groups in total. The van der Waals surface area contributed by atoms with Crippen molar-refractivity contribution in [1.29, 1.82) is 5.26 Å². The minimum atomic E-state index is -0.530. The van der Waals surface area contributed by atoms with Crippen LogP contribution in [0.25, 0.3) is 0 Å². The zero-order chi connectivity index (χ0) is 12.4. The van der Waals surface area contributed by atoms with E-state index in [9.17, 15) is 9.18 Å². The van der Waals surface area contributed by atoms with Gasteiger partial charge in [0.1, 0.15) is 11.9 Å². The number of halogens is 1. The highest BCUT2D eigenvalue weighted by atomic mass is 32.1. The number of carbonyl (C=O) groups is 1. The zero-order valence-corrected chi connectivity index (χ0v) is 9.95. The van der Waals surface area contributed by atoms with E-state index >= 15 is 0 Å². The third-order valence-corrected chi connectivity index (χ3v) is 3.36. The molecule has 0 aliphatic carbocycles. The van der Waals surface area contributed by atoms with Crippen LogP contribution in [-0.4, -0.2) is 18.2 Å². The number of anilines is 1. The maximum absolute atomic E-state index is 13.7. The first kappa shape index (κ1) is 11.9. The molecule has 0 aromatic heterocycles. The normalized spacial score (nSPS) is 19.5. The molecule has 2 rings (SSSR count). The summed E-state index contributed by atoms with van der Waals surface area (Å²) in [5.74, 6) is 0.0262. The Hall–Kier alpha value is -1.54. The number of amides is 1. The average molecular weight is 250 g/mol. The van der Waals surface area contributed by atoms with E-state index in [0.717, 1.165) is 0 Å². The Morgan fingerprint density at radius 3 is 2.94 bits per heavy atom. The number of hydrogen-bond donors (Lipinski definition) is 1. The topological polar surface area (TPSA) is 44.1 Å². The molecule has 1 aliphatic rings. The number of hydrogen-bond acceptors (Lipinski definition) is 3. The first-order chi connectivity index (χ1) is 8.17. The van der Waals surface area contributed by atoms with Crippen LogP contribution in [0.5, 0.6) is 0 Å². The Bertz CT molecular complexity index is 498. The first-order valence-electron chi connectivity index (χ1n) is 5.27. The fraction of sp³-hybridized carbons (Fsp3) is 0.333. The van der Waals surface area contributed by atoms with Gasteiger partial charge < -0.3 is 4.90 Å². The Balaban J connectivity index is 2.42. The zero-order valence-electron chi connectivity index (χ0n) is 9.06. The Morgan fingerprint density at radius 1 is 1.59 bits per heavy atom. The quantitative estimate of drug-likeness (QED) is 0.816. The van der Waals surface area contributed by atoms with E-state index in [4.69, 9.17) is 5.26 Å². The molecule has 0 saturated carbocycles. The van der Waals surface area contributed by atoms with Crippen LogP contribution in [0.15, 0.2) is 18.2 Å². The number of rotatable bonds is 2. The van der Waals surface area contributed by atoms with Crippen molar-refractivity contribution in [2.24, 2.45) is 5.92 Å². The minimum absolute atomic E-state index is 0.101. The Kier molecular flexibility index (Phi) is 3.34. The molecule has 88 valence electrons. The van der Waals surface area contributed by atoms with Crippen molar-refractivity contribution in [3.05, 3.63) is 29.6 Å². The lowest BCUT2D eigenvalue weighted by Gasteiger charge is -2.18. The largest absolute Gasteiger partial charge is 0.308 e. The molecule has 3 nitrogen and oxygen atoms in total. The highest BCUT2D eigenvalue weighted by Crippen LogP contribution is 2.30. The molecule has 1 unspecified atom stereocenters. The second-order valence-electron chi connectivity index (χ2n) is 4.00. The van der Waals surface area contributed by atoms with Crippen molar-refractivity contribution in [3.63, 3.8) is 0 Å². The summed E-state index contributed by atoms with van der Waals surface area (Å²) in [7, 11) is 0. The van der Waals surface area contributed by atoms with Gasteiger partial charge in [0.2, 0.25) is 5.91 Å². The predicted octanol–water partition coefficient (Wildman–Crippen LogP) is 1.98. The Labute approximate surface area is 104 Å². The highest BCUT2D eigenvalue weighted by Gasteiger charge is 2.32. The van der Waals surface area contributed by atoms with Crippen molar-refractivity contribution >= 4 is 24.2 Å². The monoisotopic (exact) mass is 250 g/mol. The fourth-order valence-corrected chi connectivity index (χ4v) is 2.24. The molecular formula is C12H11FN2OS. The van der Waals surface area contributed by atoms with Gasteiger partial charge in [-0.1, -0.05) is 6.07 Å². The van der Waals surface area contributed by atoms with Crippen LogP contribution in [-0.2, 0) is 4.79 Å². The van der Waals surface area contributed by atoms with Crippen molar-refractivity contribution in [3.8, 4) is 6.07 Å². The van der Waals surface area contributed by atoms with Crippen LogP contribution in [0.3, 0.4) is 0 Å². The summed E-state index contributed by atoms with van der Waals surface area (Å²) < 4.78 is 13.7. The number of para-hydroxylation sites is 1. The van der Waals surface area contributed by atoms with Gasteiger partial charge in [0.05, 0.1) is 11.3 Å². The average Bonchev–Trinajstić information content (AvgIpc) is 2.70. The molecule has 1 heterocycles. The van der Waals surface area contributed by atoms with Crippen molar-refractivity contribution in [2.45, 2.75) is 6.42 Å². The van der Waals surface area contributed by atoms with Crippen LogP contribution >= 0.6 is 12.6 Å². The maximum atomic E-state index is 13.7. The molecule has 1 aromatic carbocycles. The third kappa shape index (κ3) is 2.13. The molecule has 5 heteroatoms. The number of nitrogens with zero attached hydrogens (tertiary/aromatic N) is 2. The molecular weight excluding hydrogens is 239 g/mol. The molecule has 1 fully saturated rings. The summed E-state index contributed by atoms with van der Waals surface area (Å²) in [5.41, 5.74) is 0.294. The van der Waals surface area contributed by atoms with E-state index < -0.39 is 5.82 Å².